The van der Waals surface area contributed by atoms with Gasteiger partial charge in [-0.2, -0.15) is 11.9 Å². The Balaban J connectivity index is 1.32. The summed E-state index contributed by atoms with van der Waals surface area (Å²) < 4.78 is 27.6. The first kappa shape index (κ1) is 40.7. The number of ether oxygens (including phenoxy) is 5. The molecular weight excluding hydrogens is 746 g/mol. The molecule has 3 aromatic rings. The molecule has 2 fully saturated rings. The fourth-order valence-electron chi connectivity index (χ4n) is 6.63. The van der Waals surface area contributed by atoms with Gasteiger partial charge in [0, 0.05) is 18.1 Å². The lowest BCUT2D eigenvalue weighted by Crippen LogP contribution is -2.63. The monoisotopic (exact) mass is 789 g/mol. The summed E-state index contributed by atoms with van der Waals surface area (Å²) in [7, 11) is 0. The van der Waals surface area contributed by atoms with Crippen molar-refractivity contribution in [2.75, 3.05) is 0 Å². The number of nitrogens with zero attached hydrogens (tertiary/aromatic N) is 1. The molecule has 19 nitrogen and oxygen atoms in total. The number of aromatic hydroxyl groups is 3. The number of aliphatic hydroxyl groups excluding tert-OH is 6. The maximum Gasteiger partial charge on any atom is 0.340 e. The Labute approximate surface area is 317 Å². The van der Waals surface area contributed by atoms with Gasteiger partial charge in [-0.3, -0.25) is 4.79 Å². The number of fused-ring (bicyclic) bond motifs is 1. The first-order valence-electron chi connectivity index (χ1n) is 17.7. The molecule has 0 aliphatic carbocycles. The molecule has 304 valence electrons. The van der Waals surface area contributed by atoms with Crippen molar-refractivity contribution in [2.24, 2.45) is 5.92 Å². The molecule has 3 aliphatic heterocycles. The van der Waals surface area contributed by atoms with E-state index in [1.54, 1.807) is 6.20 Å². The van der Waals surface area contributed by atoms with Crippen LogP contribution < -0.4 is 14.5 Å². The third-order valence-corrected chi connectivity index (χ3v) is 9.83. The van der Waals surface area contributed by atoms with Crippen molar-refractivity contribution in [1.29, 1.82) is 0 Å². The predicted molar refractivity (Wildman–Crippen MR) is 185 cm³/mol. The van der Waals surface area contributed by atoms with Crippen LogP contribution in [0.3, 0.4) is 0 Å². The summed E-state index contributed by atoms with van der Waals surface area (Å²) in [6, 6.07) is 6.95. The molecule has 11 unspecified atom stereocenters. The molecule has 0 radical (unpaired) electrons. The molecule has 6 rings (SSSR count). The minimum atomic E-state index is -2.20. The summed E-state index contributed by atoms with van der Waals surface area (Å²) in [5.41, 5.74) is 1.64. The smallest absolute Gasteiger partial charge is 0.340 e. The number of phenols is 3. The van der Waals surface area contributed by atoms with Crippen molar-refractivity contribution in [3.8, 4) is 28.7 Å². The van der Waals surface area contributed by atoms with E-state index >= 15 is 0 Å². The summed E-state index contributed by atoms with van der Waals surface area (Å²) in [5.74, 6) is -4.97. The highest BCUT2D eigenvalue weighted by Crippen LogP contribution is 2.47. The van der Waals surface area contributed by atoms with Crippen LogP contribution in [0, 0.1) is 5.92 Å². The molecule has 3 aliphatic rings. The average molecular weight is 790 g/mol. The fraction of sp³-hybridized carbons (Fsp3) is 0.486. The molecule has 0 saturated carbocycles. The number of carboxylic acids is 1. The minimum absolute atomic E-state index is 0.0176. The van der Waals surface area contributed by atoms with Crippen LogP contribution in [0.2, 0.25) is 0 Å². The van der Waals surface area contributed by atoms with Gasteiger partial charge in [0.1, 0.15) is 66.4 Å². The highest BCUT2D eigenvalue weighted by atomic mass is 16.7. The van der Waals surface area contributed by atoms with E-state index in [1.165, 1.54) is 24.3 Å². The predicted octanol–water partition coefficient (Wildman–Crippen LogP) is -1.02. The Morgan fingerprint density at radius 2 is 1.54 bits per heavy atom. The zero-order valence-corrected chi connectivity index (χ0v) is 29.9. The van der Waals surface area contributed by atoms with Gasteiger partial charge in [-0.15, -0.1) is 0 Å². The number of phenolic OH excluding ortho intramolecular Hbond substituents is 3. The lowest BCUT2D eigenvalue weighted by Gasteiger charge is -2.41. The van der Waals surface area contributed by atoms with Gasteiger partial charge in [0.15, 0.2) is 29.3 Å². The summed E-state index contributed by atoms with van der Waals surface area (Å²) in [5, 5.41) is 104. The van der Waals surface area contributed by atoms with Gasteiger partial charge < -0.3 is 79.7 Å². The molecular formula is C37H43NO18. The van der Waals surface area contributed by atoms with Crippen molar-refractivity contribution >= 4 is 17.7 Å². The standard InChI is InChI=1S/C37H42NO18/c1-13(2)3-5-16-7-14(12-38-16)8-17-22(11-23-24(25(17)42)20(41)10-21(52-23)15-4-6-18(39)19(40)9-15)53-36-30(47)27(44)29(46)33(55-36)35(51)56-37-31(48)26(43)28(45)32(54-37)34(49)50/h4,6-7,9,11-13,21,26-33,36-37,39-40,43-48H,3,5,8,10H2,1-2H3,(H,41,42)(H,49,50)/q-1/p+1. The van der Waals surface area contributed by atoms with Gasteiger partial charge >= 0.3 is 17.7 Å². The van der Waals surface area contributed by atoms with E-state index < -0.39 is 96.7 Å². The summed E-state index contributed by atoms with van der Waals surface area (Å²) in [6.07, 6.45) is -19.4. The number of hydrogen-bond acceptors (Lipinski definition) is 16. The van der Waals surface area contributed by atoms with E-state index in [0.29, 0.717) is 23.5 Å². The van der Waals surface area contributed by atoms with Crippen molar-refractivity contribution in [1.82, 2.24) is 4.98 Å². The maximum atomic E-state index is 13.3. The minimum Gasteiger partial charge on any atom is -0.667 e. The lowest BCUT2D eigenvalue weighted by molar-refractivity contribution is -0.302. The second-order valence-electron chi connectivity index (χ2n) is 14.3. The molecule has 0 spiro atoms. The number of carbonyl (C=O) groups excluding carboxylic acids is 2. The van der Waals surface area contributed by atoms with Crippen molar-refractivity contribution in [3.05, 3.63) is 64.5 Å². The number of esters is 1. The first-order chi connectivity index (χ1) is 26.4. The Kier molecular flexibility index (Phi) is 11.8. The number of ketones is 1. The van der Waals surface area contributed by atoms with Crippen molar-refractivity contribution in [2.45, 2.75) is 107 Å². The number of aryl methyl sites for hydroxylation is 1. The molecule has 2 aromatic carbocycles. The van der Waals surface area contributed by atoms with Crippen LogP contribution >= 0.6 is 0 Å². The van der Waals surface area contributed by atoms with Crippen LogP contribution in [0.25, 0.3) is 0 Å². The maximum absolute atomic E-state index is 13.3. The number of rotatable bonds is 11. The van der Waals surface area contributed by atoms with Crippen LogP contribution in [0.1, 0.15) is 60.7 Å². The molecule has 56 heavy (non-hydrogen) atoms. The van der Waals surface area contributed by atoms with Crippen LogP contribution in [0.4, 0.5) is 0 Å². The van der Waals surface area contributed by atoms with Crippen LogP contribution in [0.5, 0.6) is 28.7 Å². The largest absolute Gasteiger partial charge is 0.667 e. The Hall–Kier alpha value is -4.99. The highest BCUT2D eigenvalue weighted by molar-refractivity contribution is 6.04. The first-order valence-corrected chi connectivity index (χ1v) is 17.7. The van der Waals surface area contributed by atoms with Crippen LogP contribution in [-0.4, -0.2) is 135 Å². The number of aliphatic carboxylic acids is 1. The molecule has 2 saturated heterocycles. The lowest BCUT2D eigenvalue weighted by atomic mass is 9.92. The van der Waals surface area contributed by atoms with Crippen molar-refractivity contribution in [3.63, 3.8) is 0 Å². The third kappa shape index (κ3) is 8.11. The average Bonchev–Trinajstić information content (AvgIpc) is 3.60. The van der Waals surface area contributed by atoms with Gasteiger partial charge in [0.25, 0.3) is 0 Å². The summed E-state index contributed by atoms with van der Waals surface area (Å²) in [6.45, 7) is 4.14. The number of aromatic nitrogens is 1. The van der Waals surface area contributed by atoms with E-state index in [-0.39, 0.29) is 41.3 Å². The van der Waals surface area contributed by atoms with E-state index in [2.05, 4.69) is 18.8 Å². The van der Waals surface area contributed by atoms with Crippen LogP contribution in [0.15, 0.2) is 36.5 Å². The number of benzene rings is 2. The fourth-order valence-corrected chi connectivity index (χ4v) is 6.63. The van der Waals surface area contributed by atoms with Gasteiger partial charge in [0.05, 0.1) is 0 Å². The Morgan fingerprint density at radius 1 is 0.875 bits per heavy atom. The highest BCUT2D eigenvalue weighted by Gasteiger charge is 2.53. The SMILES string of the molecule is CC(C)CCc1cc(Cc2c(OC3OC(C(=O)OC4OC(C(=O)O)C(O)C(O)C4O)C(O)C(O)C3O)cc3c(c2O)C(=[OH+])CC(c2ccc(O)c(O)c2)O3)c[n-]1. The van der Waals surface area contributed by atoms with E-state index in [4.69, 9.17) is 23.7 Å². The van der Waals surface area contributed by atoms with E-state index in [9.17, 15) is 65.4 Å². The normalized spacial score (nSPS) is 30.4. The number of aliphatic hydroxyl groups is 6. The van der Waals surface area contributed by atoms with Crippen LogP contribution in [-0.2, 0) is 36.6 Å². The summed E-state index contributed by atoms with van der Waals surface area (Å²) in [4.78, 5) is 40.4. The van der Waals surface area contributed by atoms with Crippen molar-refractivity contribution < 1.29 is 89.1 Å². The quantitative estimate of drug-likeness (QED) is 0.0631. The van der Waals surface area contributed by atoms with E-state index in [1.807, 2.05) is 6.07 Å². The molecule has 1 aromatic heterocycles. The van der Waals surface area contributed by atoms with Gasteiger partial charge in [-0.25, -0.2) is 9.59 Å². The number of carboxylic acid groups (broad SMARTS) is 1. The second-order valence-corrected chi connectivity index (χ2v) is 14.3. The summed E-state index contributed by atoms with van der Waals surface area (Å²) >= 11 is 0. The second kappa shape index (κ2) is 16.2. The van der Waals surface area contributed by atoms with Gasteiger partial charge in [0.2, 0.25) is 12.6 Å². The Bertz CT molecular complexity index is 1950. The zero-order valence-electron chi connectivity index (χ0n) is 29.9. The molecule has 19 heteroatoms. The molecule has 4 heterocycles. The van der Waals surface area contributed by atoms with E-state index in [0.717, 1.165) is 12.1 Å². The number of carbonyl (C=O) groups is 2. The number of hydrogen-bond donors (Lipinski definition) is 10. The molecule has 0 amide bonds. The Morgan fingerprint density at radius 3 is 2.20 bits per heavy atom. The zero-order chi connectivity index (χ0) is 40.7. The molecule has 11 atom stereocenters. The third-order valence-electron chi connectivity index (χ3n) is 9.83. The van der Waals surface area contributed by atoms with Gasteiger partial charge in [-0.1, -0.05) is 31.5 Å². The topological polar surface area (TPSA) is 318 Å². The molecule has 11 N–H and O–H groups in total. The van der Waals surface area contributed by atoms with Gasteiger partial charge in [-0.05, 0) is 36.5 Å². The molecule has 0 bridgehead atoms.